The summed E-state index contributed by atoms with van der Waals surface area (Å²) in [7, 11) is 0. The molecule has 2 N–H and O–H groups in total. The highest BCUT2D eigenvalue weighted by atomic mass is 14.6. The first-order chi connectivity index (χ1) is 4.83. The number of hydrogen-bond acceptors (Lipinski definition) is 1. The van der Waals surface area contributed by atoms with Gasteiger partial charge in [0.05, 0.1) is 6.04 Å². The van der Waals surface area contributed by atoms with Crippen molar-refractivity contribution in [3.05, 3.63) is 23.8 Å². The van der Waals surface area contributed by atoms with E-state index in [0.29, 0.717) is 0 Å². The molecule has 1 rings (SSSR count). The third kappa shape index (κ3) is 1.75. The zero-order chi connectivity index (χ0) is 7.40. The number of nitrogens with two attached hydrogens (primary N) is 1. The largest absolute Gasteiger partial charge is 0.314 e. The van der Waals surface area contributed by atoms with Crippen molar-refractivity contribution in [2.75, 3.05) is 0 Å². The lowest BCUT2D eigenvalue weighted by atomic mass is 10.1. The molecule has 0 saturated carbocycles. The average molecular weight is 133 g/mol. The molecule has 0 spiro atoms. The van der Waals surface area contributed by atoms with Gasteiger partial charge in [-0.1, -0.05) is 30.9 Å². The molecule has 0 amide bonds. The highest BCUT2D eigenvalue weighted by Gasteiger charge is 1.95. The third-order valence-electron chi connectivity index (χ3n) is 1.43. The van der Waals surface area contributed by atoms with Crippen molar-refractivity contribution in [1.82, 2.24) is 0 Å². The van der Waals surface area contributed by atoms with Crippen molar-refractivity contribution in [2.24, 2.45) is 5.73 Å². The van der Waals surface area contributed by atoms with E-state index in [-0.39, 0.29) is 6.04 Å². The minimum Gasteiger partial charge on any atom is -0.314 e. The molecule has 0 aromatic rings. The minimum atomic E-state index is -0.0788. The lowest BCUT2D eigenvalue weighted by Gasteiger charge is -1.97. The Labute approximate surface area is 61.6 Å². The second-order valence-electron chi connectivity index (χ2n) is 2.24. The molecule has 0 aromatic carbocycles. The third-order valence-corrected chi connectivity index (χ3v) is 1.43. The van der Waals surface area contributed by atoms with Crippen LogP contribution in [0.3, 0.4) is 0 Å². The first kappa shape index (κ1) is 7.11. The highest BCUT2D eigenvalue weighted by Crippen LogP contribution is 2.04. The molecule has 1 aliphatic rings. The van der Waals surface area contributed by atoms with Gasteiger partial charge in [0.25, 0.3) is 0 Å². The van der Waals surface area contributed by atoms with Crippen molar-refractivity contribution >= 4 is 0 Å². The molecule has 0 aromatic heterocycles. The van der Waals surface area contributed by atoms with Gasteiger partial charge in [-0.2, -0.15) is 0 Å². The maximum Gasteiger partial charge on any atom is 0.0860 e. The van der Waals surface area contributed by atoms with Crippen molar-refractivity contribution in [1.29, 1.82) is 0 Å². The predicted molar refractivity (Wildman–Crippen MR) is 43.3 cm³/mol. The number of rotatable bonds is 1. The van der Waals surface area contributed by atoms with Crippen LogP contribution < -0.4 is 5.73 Å². The molecule has 0 radical (unpaired) electrons. The SMILES string of the molecule is CCC1=CC(N)C#CC=C1. The molecule has 52 valence electrons. The van der Waals surface area contributed by atoms with Crippen LogP contribution in [0, 0.1) is 11.8 Å². The fraction of sp³-hybridized carbons (Fsp3) is 0.333. The van der Waals surface area contributed by atoms with Gasteiger partial charge in [-0.15, -0.1) is 0 Å². The zero-order valence-corrected chi connectivity index (χ0v) is 6.09. The van der Waals surface area contributed by atoms with E-state index in [1.54, 1.807) is 0 Å². The summed E-state index contributed by atoms with van der Waals surface area (Å²) in [6.45, 7) is 2.11. The molecule has 10 heavy (non-hydrogen) atoms. The Morgan fingerprint density at radius 3 is 3.20 bits per heavy atom. The Morgan fingerprint density at radius 1 is 1.70 bits per heavy atom. The van der Waals surface area contributed by atoms with Crippen molar-refractivity contribution in [2.45, 2.75) is 19.4 Å². The molecular formula is C9H11N. The molecule has 1 nitrogen and oxygen atoms in total. The van der Waals surface area contributed by atoms with Gasteiger partial charge in [0.15, 0.2) is 0 Å². The van der Waals surface area contributed by atoms with Crippen LogP contribution in [0.2, 0.25) is 0 Å². The Bertz CT molecular complexity index is 225. The van der Waals surface area contributed by atoms with Crippen molar-refractivity contribution in [3.63, 3.8) is 0 Å². The van der Waals surface area contributed by atoms with E-state index >= 15 is 0 Å². The van der Waals surface area contributed by atoms with Crippen LogP contribution in [0.1, 0.15) is 13.3 Å². The molecular weight excluding hydrogens is 122 g/mol. The minimum absolute atomic E-state index is 0.0788. The van der Waals surface area contributed by atoms with Crippen LogP contribution in [0.15, 0.2) is 23.8 Å². The quantitative estimate of drug-likeness (QED) is 0.535. The van der Waals surface area contributed by atoms with Gasteiger partial charge in [0, 0.05) is 0 Å². The Kier molecular flexibility index (Phi) is 2.30. The molecule has 1 atom stereocenters. The molecule has 0 fully saturated rings. The van der Waals surface area contributed by atoms with E-state index in [1.807, 2.05) is 18.2 Å². The number of allylic oxidation sites excluding steroid dienone is 3. The summed E-state index contributed by atoms with van der Waals surface area (Å²) in [5, 5.41) is 0. The van der Waals surface area contributed by atoms with E-state index in [4.69, 9.17) is 5.73 Å². The van der Waals surface area contributed by atoms with Crippen LogP contribution in [-0.4, -0.2) is 6.04 Å². The van der Waals surface area contributed by atoms with Gasteiger partial charge in [-0.3, -0.25) is 0 Å². The number of hydrogen-bond donors (Lipinski definition) is 1. The van der Waals surface area contributed by atoms with Crippen molar-refractivity contribution in [3.8, 4) is 11.8 Å². The van der Waals surface area contributed by atoms with Gasteiger partial charge >= 0.3 is 0 Å². The molecule has 1 aliphatic carbocycles. The van der Waals surface area contributed by atoms with E-state index in [9.17, 15) is 0 Å². The van der Waals surface area contributed by atoms with Gasteiger partial charge in [-0.05, 0) is 18.1 Å². The lowest BCUT2D eigenvalue weighted by Crippen LogP contribution is -2.13. The molecule has 0 saturated heterocycles. The summed E-state index contributed by atoms with van der Waals surface area (Å²) in [5.74, 6) is 5.73. The van der Waals surface area contributed by atoms with E-state index in [1.165, 1.54) is 5.57 Å². The van der Waals surface area contributed by atoms with Crippen LogP contribution in [-0.2, 0) is 0 Å². The predicted octanol–water partition coefficient (Wildman–Crippen LogP) is 1.22. The van der Waals surface area contributed by atoms with Gasteiger partial charge in [0.2, 0.25) is 0 Å². The van der Waals surface area contributed by atoms with Gasteiger partial charge in [0.1, 0.15) is 0 Å². The van der Waals surface area contributed by atoms with Crippen LogP contribution in [0.5, 0.6) is 0 Å². The van der Waals surface area contributed by atoms with Crippen molar-refractivity contribution < 1.29 is 0 Å². The smallest absolute Gasteiger partial charge is 0.0860 e. The van der Waals surface area contributed by atoms with E-state index in [2.05, 4.69) is 18.8 Å². The zero-order valence-electron chi connectivity index (χ0n) is 6.09. The fourth-order valence-electron chi connectivity index (χ4n) is 0.857. The fourth-order valence-corrected chi connectivity index (χ4v) is 0.857. The normalized spacial score (nSPS) is 22.6. The van der Waals surface area contributed by atoms with E-state index in [0.717, 1.165) is 6.42 Å². The summed E-state index contributed by atoms with van der Waals surface area (Å²) in [5.41, 5.74) is 6.87. The summed E-state index contributed by atoms with van der Waals surface area (Å²) >= 11 is 0. The van der Waals surface area contributed by atoms with Crippen LogP contribution >= 0.6 is 0 Å². The average Bonchev–Trinajstić information content (AvgIpc) is 2.13. The first-order valence-electron chi connectivity index (χ1n) is 3.47. The molecule has 1 unspecified atom stereocenters. The Balaban J connectivity index is 2.78. The molecule has 0 heterocycles. The second kappa shape index (κ2) is 3.24. The lowest BCUT2D eigenvalue weighted by molar-refractivity contribution is 1.03. The first-order valence-corrected chi connectivity index (χ1v) is 3.47. The molecule has 1 heteroatoms. The van der Waals surface area contributed by atoms with Gasteiger partial charge in [-0.25, -0.2) is 0 Å². The maximum absolute atomic E-state index is 5.61. The molecule has 0 aliphatic heterocycles. The summed E-state index contributed by atoms with van der Waals surface area (Å²) in [6.07, 6.45) is 6.88. The maximum atomic E-state index is 5.61. The summed E-state index contributed by atoms with van der Waals surface area (Å²) < 4.78 is 0. The standard InChI is InChI=1S/C9H11N/c1-2-8-5-3-4-6-9(10)7-8/h3,5,7,9H,2,10H2,1H3. The van der Waals surface area contributed by atoms with Crippen LogP contribution in [0.25, 0.3) is 0 Å². The summed E-state index contributed by atoms with van der Waals surface area (Å²) in [4.78, 5) is 0. The van der Waals surface area contributed by atoms with E-state index < -0.39 is 0 Å². The molecule has 0 bridgehead atoms. The topological polar surface area (TPSA) is 26.0 Å². The Morgan fingerprint density at radius 2 is 2.50 bits per heavy atom. The second-order valence-corrected chi connectivity index (χ2v) is 2.24. The monoisotopic (exact) mass is 133 g/mol. The Hall–Kier alpha value is -1.00. The highest BCUT2D eigenvalue weighted by molar-refractivity contribution is 5.35. The van der Waals surface area contributed by atoms with Crippen LogP contribution in [0.4, 0.5) is 0 Å². The van der Waals surface area contributed by atoms with Gasteiger partial charge < -0.3 is 5.73 Å². The summed E-state index contributed by atoms with van der Waals surface area (Å²) in [6, 6.07) is -0.0788.